The van der Waals surface area contributed by atoms with Crippen LogP contribution in [-0.2, 0) is 17.9 Å². The quantitative estimate of drug-likeness (QED) is 0.547. The number of nitrogens with one attached hydrogen (secondary N) is 2. The minimum Gasteiger partial charge on any atom is -0.370 e. The Kier molecular flexibility index (Phi) is 6.24. The van der Waals surface area contributed by atoms with Gasteiger partial charge in [-0.2, -0.15) is 5.10 Å². The van der Waals surface area contributed by atoms with Crippen LogP contribution in [0, 0.1) is 0 Å². The Balaban J connectivity index is 1.51. The molecule has 4 N–H and O–H groups in total. The average Bonchev–Trinajstić information content (AvgIpc) is 3.14. The van der Waals surface area contributed by atoms with E-state index in [-0.39, 0.29) is 12.5 Å². The number of amides is 1. The summed E-state index contributed by atoms with van der Waals surface area (Å²) in [5.74, 6) is 0.373. The summed E-state index contributed by atoms with van der Waals surface area (Å²) in [6.07, 6.45) is 9.55. The van der Waals surface area contributed by atoms with Crippen molar-refractivity contribution in [1.29, 1.82) is 0 Å². The van der Waals surface area contributed by atoms with Crippen molar-refractivity contribution in [3.8, 4) is 0 Å². The zero-order chi connectivity index (χ0) is 18.2. The van der Waals surface area contributed by atoms with Gasteiger partial charge in [0, 0.05) is 24.1 Å². The Morgan fingerprint density at radius 2 is 2.12 bits per heavy atom. The van der Waals surface area contributed by atoms with Crippen molar-refractivity contribution in [3.05, 3.63) is 48.3 Å². The highest BCUT2D eigenvalue weighted by Crippen LogP contribution is 2.17. The van der Waals surface area contributed by atoms with Crippen LogP contribution in [0.25, 0.3) is 0 Å². The molecule has 1 heterocycles. The molecule has 1 amide bonds. The Morgan fingerprint density at radius 1 is 1.27 bits per heavy atom. The van der Waals surface area contributed by atoms with Gasteiger partial charge >= 0.3 is 0 Å². The van der Waals surface area contributed by atoms with Crippen LogP contribution in [0.5, 0.6) is 0 Å². The Labute approximate surface area is 153 Å². The van der Waals surface area contributed by atoms with E-state index in [4.69, 9.17) is 5.73 Å². The van der Waals surface area contributed by atoms with Gasteiger partial charge in [0.25, 0.3) is 0 Å². The molecule has 0 atom stereocenters. The van der Waals surface area contributed by atoms with Crippen molar-refractivity contribution in [1.82, 2.24) is 15.1 Å². The van der Waals surface area contributed by atoms with Crippen molar-refractivity contribution in [2.45, 2.75) is 51.2 Å². The number of aliphatic imine (C=N–C) groups is 1. The van der Waals surface area contributed by atoms with Crippen LogP contribution in [0.4, 0.5) is 5.69 Å². The minimum atomic E-state index is -0.118. The molecular weight excluding hydrogens is 328 g/mol. The van der Waals surface area contributed by atoms with Crippen molar-refractivity contribution < 1.29 is 4.79 Å². The van der Waals surface area contributed by atoms with Crippen LogP contribution in [0.2, 0.25) is 0 Å². The predicted molar refractivity (Wildman–Crippen MR) is 103 cm³/mol. The van der Waals surface area contributed by atoms with Gasteiger partial charge in [0.2, 0.25) is 5.91 Å². The summed E-state index contributed by atoms with van der Waals surface area (Å²) in [4.78, 5) is 16.5. The molecule has 26 heavy (non-hydrogen) atoms. The normalized spacial score (nSPS) is 15.6. The maximum atomic E-state index is 12.0. The van der Waals surface area contributed by atoms with E-state index in [2.05, 4.69) is 20.7 Å². The van der Waals surface area contributed by atoms with Crippen molar-refractivity contribution in [2.24, 2.45) is 10.7 Å². The van der Waals surface area contributed by atoms with Crippen molar-refractivity contribution in [2.75, 3.05) is 5.32 Å². The third-order valence-corrected chi connectivity index (χ3v) is 4.46. The molecule has 0 aliphatic heterocycles. The monoisotopic (exact) mass is 354 g/mol. The zero-order valence-corrected chi connectivity index (χ0v) is 14.9. The fraction of sp³-hybridized carbons (Fsp3) is 0.421. The number of carbonyl (C=O) groups excluding carboxylic acids is 1. The number of aromatic nitrogens is 2. The summed E-state index contributed by atoms with van der Waals surface area (Å²) in [5, 5.41) is 10.2. The topological polar surface area (TPSA) is 97.3 Å². The van der Waals surface area contributed by atoms with E-state index in [9.17, 15) is 4.79 Å². The van der Waals surface area contributed by atoms with Gasteiger partial charge in [-0.1, -0.05) is 31.4 Å². The van der Waals surface area contributed by atoms with Gasteiger partial charge < -0.3 is 16.4 Å². The van der Waals surface area contributed by atoms with Gasteiger partial charge in [-0.05, 0) is 36.6 Å². The summed E-state index contributed by atoms with van der Waals surface area (Å²) in [5.41, 5.74) is 7.75. The van der Waals surface area contributed by atoms with Gasteiger partial charge in [0.05, 0.1) is 6.54 Å². The lowest BCUT2D eigenvalue weighted by Gasteiger charge is -2.23. The second-order valence-corrected chi connectivity index (χ2v) is 6.63. The van der Waals surface area contributed by atoms with E-state index in [1.54, 1.807) is 23.1 Å². The first-order chi connectivity index (χ1) is 12.7. The number of rotatable bonds is 6. The lowest BCUT2D eigenvalue weighted by Crippen LogP contribution is -2.41. The lowest BCUT2D eigenvalue weighted by molar-refractivity contribution is -0.116. The smallest absolute Gasteiger partial charge is 0.246 e. The second-order valence-electron chi connectivity index (χ2n) is 6.63. The standard InChI is InChI=1S/C19H26N6O/c20-19(24-16-7-2-1-3-8-16)21-13-15-6-4-9-17(12-15)23-18(26)14-25-11-5-10-22-25/h4-6,9-12,16H,1-3,7-8,13-14H2,(H,23,26)(H3,20,21,24). The number of carbonyl (C=O) groups is 1. The number of hydrogen-bond acceptors (Lipinski definition) is 3. The van der Waals surface area contributed by atoms with Gasteiger partial charge in [-0.15, -0.1) is 0 Å². The van der Waals surface area contributed by atoms with Gasteiger partial charge in [-0.3, -0.25) is 9.48 Å². The summed E-state index contributed by atoms with van der Waals surface area (Å²) in [7, 11) is 0. The molecule has 7 heteroatoms. The maximum Gasteiger partial charge on any atom is 0.246 e. The molecule has 0 spiro atoms. The van der Waals surface area contributed by atoms with Crippen molar-refractivity contribution >= 4 is 17.6 Å². The summed E-state index contributed by atoms with van der Waals surface area (Å²) < 4.78 is 1.58. The average molecular weight is 354 g/mol. The molecule has 3 rings (SSSR count). The van der Waals surface area contributed by atoms with Crippen LogP contribution in [-0.4, -0.2) is 27.7 Å². The largest absolute Gasteiger partial charge is 0.370 e. The highest BCUT2D eigenvalue weighted by Gasteiger charge is 2.13. The van der Waals surface area contributed by atoms with E-state index >= 15 is 0 Å². The Hall–Kier alpha value is -2.83. The molecule has 1 fully saturated rings. The number of hydrogen-bond donors (Lipinski definition) is 3. The first-order valence-corrected chi connectivity index (χ1v) is 9.12. The van der Waals surface area contributed by atoms with Gasteiger partial charge in [-0.25, -0.2) is 4.99 Å². The molecule has 2 aromatic rings. The van der Waals surface area contributed by atoms with Crippen LogP contribution in [0.15, 0.2) is 47.7 Å². The maximum absolute atomic E-state index is 12.0. The van der Waals surface area contributed by atoms with Crippen LogP contribution in [0.1, 0.15) is 37.7 Å². The molecule has 1 aliphatic carbocycles. The number of benzene rings is 1. The van der Waals surface area contributed by atoms with Crippen LogP contribution < -0.4 is 16.4 Å². The van der Waals surface area contributed by atoms with E-state index in [0.29, 0.717) is 18.5 Å². The number of nitrogens with two attached hydrogens (primary N) is 1. The fourth-order valence-corrected chi connectivity index (χ4v) is 3.17. The molecule has 0 bridgehead atoms. The van der Waals surface area contributed by atoms with Gasteiger partial charge in [0.1, 0.15) is 6.54 Å². The molecule has 0 radical (unpaired) electrons. The summed E-state index contributed by atoms with van der Waals surface area (Å²) in [6.45, 7) is 0.669. The lowest BCUT2D eigenvalue weighted by atomic mass is 9.96. The van der Waals surface area contributed by atoms with Crippen molar-refractivity contribution in [3.63, 3.8) is 0 Å². The molecular formula is C19H26N6O. The highest BCUT2D eigenvalue weighted by molar-refractivity contribution is 5.90. The second kappa shape index (κ2) is 9.03. The van der Waals surface area contributed by atoms with Crippen LogP contribution >= 0.6 is 0 Å². The summed E-state index contributed by atoms with van der Waals surface area (Å²) >= 11 is 0. The first-order valence-electron chi connectivity index (χ1n) is 9.12. The number of guanidine groups is 1. The first kappa shape index (κ1) is 18.0. The third kappa shape index (κ3) is 5.61. The van der Waals surface area contributed by atoms with Crippen LogP contribution in [0.3, 0.4) is 0 Å². The van der Waals surface area contributed by atoms with E-state index in [0.717, 1.165) is 24.1 Å². The van der Waals surface area contributed by atoms with E-state index < -0.39 is 0 Å². The Bertz CT molecular complexity index is 734. The third-order valence-electron chi connectivity index (χ3n) is 4.46. The molecule has 138 valence electrons. The molecule has 0 saturated heterocycles. The minimum absolute atomic E-state index is 0.118. The highest BCUT2D eigenvalue weighted by atomic mass is 16.2. The fourth-order valence-electron chi connectivity index (χ4n) is 3.17. The molecule has 1 aromatic carbocycles. The molecule has 1 saturated carbocycles. The molecule has 7 nitrogen and oxygen atoms in total. The van der Waals surface area contributed by atoms with E-state index in [1.165, 1.54) is 19.3 Å². The zero-order valence-electron chi connectivity index (χ0n) is 14.9. The summed E-state index contributed by atoms with van der Waals surface area (Å²) in [6, 6.07) is 9.88. The molecule has 1 aliphatic rings. The Morgan fingerprint density at radius 3 is 2.88 bits per heavy atom. The SMILES string of the molecule is NC(=NCc1cccc(NC(=O)Cn2cccn2)c1)NC1CCCCC1. The number of nitrogens with zero attached hydrogens (tertiary/aromatic N) is 3. The van der Waals surface area contributed by atoms with Gasteiger partial charge in [0.15, 0.2) is 5.96 Å². The number of anilines is 1. The molecule has 0 unspecified atom stereocenters. The predicted octanol–water partition coefficient (Wildman–Crippen LogP) is 2.26. The molecule has 1 aromatic heterocycles. The van der Waals surface area contributed by atoms with E-state index in [1.807, 2.05) is 24.3 Å².